The van der Waals surface area contributed by atoms with E-state index in [9.17, 15) is 9.90 Å². The van der Waals surface area contributed by atoms with Gasteiger partial charge in [-0.3, -0.25) is 4.79 Å². The SMILES string of the molecule is CN1CC(NCC(O)COCC2CC2)CCC1=O. The second kappa shape index (κ2) is 6.50. The lowest BCUT2D eigenvalue weighted by molar-refractivity contribution is -0.132. The third kappa shape index (κ3) is 4.55. The van der Waals surface area contributed by atoms with Gasteiger partial charge in [-0.15, -0.1) is 0 Å². The molecule has 0 aromatic carbocycles. The number of carbonyl (C=O) groups is 1. The van der Waals surface area contributed by atoms with Crippen LogP contribution in [0.4, 0.5) is 0 Å². The number of aliphatic hydroxyl groups excluding tert-OH is 1. The van der Waals surface area contributed by atoms with Gasteiger partial charge in [0, 0.05) is 39.2 Å². The van der Waals surface area contributed by atoms with Crippen LogP contribution in [0.2, 0.25) is 0 Å². The fourth-order valence-electron chi connectivity index (χ4n) is 2.20. The van der Waals surface area contributed by atoms with Crippen LogP contribution in [0.5, 0.6) is 0 Å². The number of rotatable bonds is 7. The van der Waals surface area contributed by atoms with Gasteiger partial charge in [-0.2, -0.15) is 0 Å². The van der Waals surface area contributed by atoms with Crippen LogP contribution in [-0.4, -0.2) is 61.4 Å². The maximum atomic E-state index is 11.3. The van der Waals surface area contributed by atoms with E-state index < -0.39 is 6.10 Å². The lowest BCUT2D eigenvalue weighted by atomic mass is 10.1. The van der Waals surface area contributed by atoms with E-state index >= 15 is 0 Å². The summed E-state index contributed by atoms with van der Waals surface area (Å²) in [5, 5.41) is 13.1. The monoisotopic (exact) mass is 256 g/mol. The van der Waals surface area contributed by atoms with Crippen LogP contribution in [0.1, 0.15) is 25.7 Å². The summed E-state index contributed by atoms with van der Waals surface area (Å²) in [4.78, 5) is 13.1. The van der Waals surface area contributed by atoms with Gasteiger partial charge in [-0.05, 0) is 25.2 Å². The van der Waals surface area contributed by atoms with Crippen LogP contribution >= 0.6 is 0 Å². The molecule has 0 aromatic heterocycles. The molecule has 0 bridgehead atoms. The molecule has 1 saturated heterocycles. The maximum Gasteiger partial charge on any atom is 0.222 e. The lowest BCUT2D eigenvalue weighted by Gasteiger charge is -2.30. The Hall–Kier alpha value is -0.650. The van der Waals surface area contributed by atoms with Crippen molar-refractivity contribution in [3.63, 3.8) is 0 Å². The minimum absolute atomic E-state index is 0.210. The maximum absolute atomic E-state index is 11.3. The quantitative estimate of drug-likeness (QED) is 0.672. The standard InChI is InChI=1S/C13H24N2O3/c1-15-7-11(4-5-13(15)17)14-6-12(16)9-18-8-10-2-3-10/h10-12,14,16H,2-9H2,1H3. The Balaban J connectivity index is 1.54. The molecule has 2 aliphatic rings. The zero-order valence-corrected chi connectivity index (χ0v) is 11.1. The fourth-order valence-corrected chi connectivity index (χ4v) is 2.20. The Labute approximate surface area is 108 Å². The molecule has 0 aromatic rings. The fraction of sp³-hybridized carbons (Fsp3) is 0.923. The molecule has 18 heavy (non-hydrogen) atoms. The molecule has 2 atom stereocenters. The Bertz CT molecular complexity index is 281. The van der Waals surface area contributed by atoms with Crippen molar-refractivity contribution in [1.29, 1.82) is 0 Å². The van der Waals surface area contributed by atoms with E-state index in [1.54, 1.807) is 4.90 Å². The van der Waals surface area contributed by atoms with Crippen LogP contribution < -0.4 is 5.32 Å². The second-order valence-corrected chi connectivity index (χ2v) is 5.55. The van der Waals surface area contributed by atoms with Crippen molar-refractivity contribution in [2.45, 2.75) is 37.8 Å². The third-order valence-electron chi connectivity index (χ3n) is 3.63. The number of hydrogen-bond acceptors (Lipinski definition) is 4. The number of hydrogen-bond donors (Lipinski definition) is 2. The highest BCUT2D eigenvalue weighted by atomic mass is 16.5. The molecule has 2 rings (SSSR count). The predicted octanol–water partition coefficient (Wildman–Crippen LogP) is -0.0157. The topological polar surface area (TPSA) is 61.8 Å². The Morgan fingerprint density at radius 3 is 2.94 bits per heavy atom. The van der Waals surface area contributed by atoms with Crippen LogP contribution in [0.25, 0.3) is 0 Å². The molecule has 1 aliphatic heterocycles. The smallest absolute Gasteiger partial charge is 0.222 e. The molecule has 1 aliphatic carbocycles. The average Bonchev–Trinajstić information content (AvgIpc) is 3.15. The summed E-state index contributed by atoms with van der Waals surface area (Å²) in [7, 11) is 1.82. The first-order chi connectivity index (χ1) is 8.65. The second-order valence-electron chi connectivity index (χ2n) is 5.55. The summed E-state index contributed by atoms with van der Waals surface area (Å²) >= 11 is 0. The summed E-state index contributed by atoms with van der Waals surface area (Å²) in [5.74, 6) is 0.949. The van der Waals surface area contributed by atoms with E-state index in [0.29, 0.717) is 25.6 Å². The largest absolute Gasteiger partial charge is 0.389 e. The van der Waals surface area contributed by atoms with E-state index in [1.807, 2.05) is 7.05 Å². The minimum Gasteiger partial charge on any atom is -0.389 e. The predicted molar refractivity (Wildman–Crippen MR) is 68.2 cm³/mol. The van der Waals surface area contributed by atoms with Crippen molar-refractivity contribution in [3.05, 3.63) is 0 Å². The highest BCUT2D eigenvalue weighted by Gasteiger charge is 2.23. The molecule has 1 amide bonds. The highest BCUT2D eigenvalue weighted by Crippen LogP contribution is 2.28. The highest BCUT2D eigenvalue weighted by molar-refractivity contribution is 5.76. The van der Waals surface area contributed by atoms with Crippen molar-refractivity contribution >= 4 is 5.91 Å². The molecule has 5 nitrogen and oxygen atoms in total. The molecule has 0 radical (unpaired) electrons. The number of nitrogens with one attached hydrogen (secondary N) is 1. The minimum atomic E-state index is -0.452. The molecule has 1 saturated carbocycles. The van der Waals surface area contributed by atoms with Crippen LogP contribution in [0, 0.1) is 5.92 Å². The van der Waals surface area contributed by atoms with Crippen LogP contribution in [0.3, 0.4) is 0 Å². The van der Waals surface area contributed by atoms with Gasteiger partial charge in [0.1, 0.15) is 0 Å². The summed E-state index contributed by atoms with van der Waals surface area (Å²) in [6, 6.07) is 0.297. The molecule has 5 heteroatoms. The summed E-state index contributed by atoms with van der Waals surface area (Å²) in [6.45, 7) is 2.47. The van der Waals surface area contributed by atoms with Crippen LogP contribution in [0.15, 0.2) is 0 Å². The average molecular weight is 256 g/mol. The van der Waals surface area contributed by atoms with Gasteiger partial charge in [0.05, 0.1) is 12.7 Å². The van der Waals surface area contributed by atoms with Gasteiger partial charge < -0.3 is 20.1 Å². The van der Waals surface area contributed by atoms with Crippen molar-refractivity contribution in [1.82, 2.24) is 10.2 Å². The van der Waals surface area contributed by atoms with E-state index in [1.165, 1.54) is 12.8 Å². The molecule has 2 unspecified atom stereocenters. The zero-order valence-electron chi connectivity index (χ0n) is 11.1. The summed E-state index contributed by atoms with van der Waals surface area (Å²) in [5.41, 5.74) is 0. The lowest BCUT2D eigenvalue weighted by Crippen LogP contribution is -2.48. The first-order valence-corrected chi connectivity index (χ1v) is 6.88. The number of nitrogens with zero attached hydrogens (tertiary/aromatic N) is 1. The van der Waals surface area contributed by atoms with E-state index in [-0.39, 0.29) is 5.91 Å². The summed E-state index contributed by atoms with van der Waals surface area (Å²) in [6.07, 6.45) is 3.56. The Kier molecular flexibility index (Phi) is 4.97. The van der Waals surface area contributed by atoms with Crippen molar-refractivity contribution in [2.24, 2.45) is 5.92 Å². The van der Waals surface area contributed by atoms with Crippen molar-refractivity contribution < 1.29 is 14.6 Å². The molecule has 2 fully saturated rings. The number of amides is 1. The number of likely N-dealkylation sites (tertiary alicyclic amines) is 1. The number of likely N-dealkylation sites (N-methyl/N-ethyl adjacent to an activating group) is 1. The normalized spacial score (nSPS) is 26.4. The van der Waals surface area contributed by atoms with Crippen molar-refractivity contribution in [2.75, 3.05) is 33.4 Å². The molecular weight excluding hydrogens is 232 g/mol. The van der Waals surface area contributed by atoms with Gasteiger partial charge >= 0.3 is 0 Å². The first kappa shape index (κ1) is 13.8. The third-order valence-corrected chi connectivity index (χ3v) is 3.63. The molecule has 1 heterocycles. The number of aliphatic hydroxyl groups is 1. The first-order valence-electron chi connectivity index (χ1n) is 6.88. The molecule has 2 N–H and O–H groups in total. The zero-order chi connectivity index (χ0) is 13.0. The number of ether oxygens (including phenoxy) is 1. The van der Waals surface area contributed by atoms with E-state index in [2.05, 4.69) is 5.32 Å². The number of piperidine rings is 1. The molecular formula is C13H24N2O3. The molecule has 0 spiro atoms. The van der Waals surface area contributed by atoms with Gasteiger partial charge in [0.25, 0.3) is 0 Å². The van der Waals surface area contributed by atoms with Crippen molar-refractivity contribution in [3.8, 4) is 0 Å². The van der Waals surface area contributed by atoms with Crippen LogP contribution in [-0.2, 0) is 9.53 Å². The Morgan fingerprint density at radius 2 is 2.28 bits per heavy atom. The van der Waals surface area contributed by atoms with Gasteiger partial charge in [0.2, 0.25) is 5.91 Å². The Morgan fingerprint density at radius 1 is 1.50 bits per heavy atom. The van der Waals surface area contributed by atoms with E-state index in [0.717, 1.165) is 25.5 Å². The molecule has 104 valence electrons. The summed E-state index contributed by atoms with van der Waals surface area (Å²) < 4.78 is 5.44. The van der Waals surface area contributed by atoms with Gasteiger partial charge in [-0.25, -0.2) is 0 Å². The van der Waals surface area contributed by atoms with Gasteiger partial charge in [0.15, 0.2) is 0 Å². The number of carbonyl (C=O) groups excluding carboxylic acids is 1. The van der Waals surface area contributed by atoms with Gasteiger partial charge in [-0.1, -0.05) is 0 Å². The van der Waals surface area contributed by atoms with E-state index in [4.69, 9.17) is 4.74 Å².